The molecule has 0 aromatic heterocycles. The first-order valence-corrected chi connectivity index (χ1v) is 9.17. The van der Waals surface area contributed by atoms with Crippen LogP contribution in [0.4, 0.5) is 0 Å². The molecule has 30 heavy (non-hydrogen) atoms. The van der Waals surface area contributed by atoms with Gasteiger partial charge >= 0.3 is 0 Å². The lowest BCUT2D eigenvalue weighted by molar-refractivity contribution is 0.228. The van der Waals surface area contributed by atoms with Gasteiger partial charge in [-0.3, -0.25) is 0 Å². The third kappa shape index (κ3) is 4.57. The molecule has 0 spiro atoms. The molecule has 2 aromatic carbocycles. The number of hydrogen-bond donors (Lipinski definition) is 0. The number of ether oxygens (including phenoxy) is 7. The van der Waals surface area contributed by atoms with Crippen molar-refractivity contribution in [2.45, 2.75) is 6.42 Å². The number of methoxy groups -OCH3 is 7. The number of allylic oxidation sites excluding steroid dienone is 1. The van der Waals surface area contributed by atoms with Crippen molar-refractivity contribution in [2.24, 2.45) is 0 Å². The molecule has 0 N–H and O–H groups in total. The molecule has 0 heterocycles. The van der Waals surface area contributed by atoms with E-state index < -0.39 is 0 Å². The van der Waals surface area contributed by atoms with Crippen LogP contribution >= 0.6 is 0 Å². The third-order valence-electron chi connectivity index (χ3n) is 4.51. The van der Waals surface area contributed by atoms with Crippen molar-refractivity contribution >= 4 is 0 Å². The second kappa shape index (κ2) is 11.2. The van der Waals surface area contributed by atoms with Crippen LogP contribution in [0.3, 0.4) is 0 Å². The molecule has 0 saturated carbocycles. The minimum atomic E-state index is 0.347. The molecule has 2 radical (unpaired) electrons. The van der Waals surface area contributed by atoms with Crippen molar-refractivity contribution in [3.63, 3.8) is 0 Å². The molecule has 7 nitrogen and oxygen atoms in total. The van der Waals surface area contributed by atoms with Gasteiger partial charge in [0.1, 0.15) is 0 Å². The van der Waals surface area contributed by atoms with Gasteiger partial charge in [-0.1, -0.05) is 0 Å². The Morgan fingerprint density at radius 2 is 1.23 bits per heavy atom. The summed E-state index contributed by atoms with van der Waals surface area (Å²) in [6, 6.07) is 5.58. The molecule has 0 aliphatic carbocycles. The Bertz CT molecular complexity index is 875. The summed E-state index contributed by atoms with van der Waals surface area (Å²) >= 11 is 0. The minimum Gasteiger partial charge on any atom is -0.493 e. The zero-order valence-corrected chi connectivity index (χ0v) is 18.5. The van der Waals surface area contributed by atoms with E-state index in [-0.39, 0.29) is 0 Å². The van der Waals surface area contributed by atoms with E-state index in [2.05, 4.69) is 12.2 Å². The Hall–Kier alpha value is -3.06. The highest BCUT2D eigenvalue weighted by Crippen LogP contribution is 2.52. The highest BCUT2D eigenvalue weighted by molar-refractivity contribution is 5.86. The predicted molar refractivity (Wildman–Crippen MR) is 113 cm³/mol. The van der Waals surface area contributed by atoms with Crippen molar-refractivity contribution in [1.82, 2.24) is 0 Å². The molecule has 0 aliphatic heterocycles. The molecule has 0 saturated heterocycles. The van der Waals surface area contributed by atoms with Crippen LogP contribution in [0, 0.1) is 12.2 Å². The van der Waals surface area contributed by atoms with E-state index in [1.165, 1.54) is 0 Å². The Kier molecular flexibility index (Phi) is 8.68. The van der Waals surface area contributed by atoms with Crippen molar-refractivity contribution in [3.05, 3.63) is 35.9 Å². The summed E-state index contributed by atoms with van der Waals surface area (Å²) in [4.78, 5) is 0. The molecule has 0 atom stereocenters. The van der Waals surface area contributed by atoms with Crippen molar-refractivity contribution in [3.8, 4) is 45.6 Å². The molecule has 0 aliphatic rings. The van der Waals surface area contributed by atoms with Gasteiger partial charge in [0.2, 0.25) is 11.5 Å². The molecule has 2 rings (SSSR count). The van der Waals surface area contributed by atoms with Crippen LogP contribution in [0.25, 0.3) is 11.1 Å². The first kappa shape index (κ1) is 23.2. The summed E-state index contributed by atoms with van der Waals surface area (Å²) in [5.41, 5.74) is 2.38. The summed E-state index contributed by atoms with van der Waals surface area (Å²) in [7, 11) is 11.0. The monoisotopic (exact) mass is 416 g/mol. The smallest absolute Gasteiger partial charge is 0.203 e. The predicted octanol–water partition coefficient (Wildman–Crippen LogP) is 3.76. The third-order valence-corrected chi connectivity index (χ3v) is 4.51. The molecule has 0 fully saturated rings. The second-order valence-electron chi connectivity index (χ2n) is 6.02. The number of rotatable bonds is 11. The molecule has 0 unspecified atom stereocenters. The summed E-state index contributed by atoms with van der Waals surface area (Å²) in [5, 5.41) is 0. The molecule has 0 amide bonds. The maximum atomic E-state index is 5.76. The zero-order valence-electron chi connectivity index (χ0n) is 18.5. The standard InChI is InChI=1S/C23H28O7/c1-24-13-9-8-10-15-14-18(26-3)22(29-6)23(30-7)19(15)16-11-12-17(25-2)21(28-5)20(16)27-4/h11-12,14H,10,13H2,1-7H3. The summed E-state index contributed by atoms with van der Waals surface area (Å²) in [6.07, 6.45) is 6.53. The molecular formula is C23H28O7. The van der Waals surface area contributed by atoms with Gasteiger partial charge in [-0.15, -0.1) is 0 Å². The van der Waals surface area contributed by atoms with E-state index in [4.69, 9.17) is 33.2 Å². The highest BCUT2D eigenvalue weighted by atomic mass is 16.5. The van der Waals surface area contributed by atoms with E-state index in [0.717, 1.165) is 16.7 Å². The van der Waals surface area contributed by atoms with E-state index in [0.29, 0.717) is 47.5 Å². The molecule has 2 aromatic rings. The van der Waals surface area contributed by atoms with Gasteiger partial charge in [0.05, 0.1) is 49.3 Å². The molecule has 0 bridgehead atoms. The van der Waals surface area contributed by atoms with Gasteiger partial charge in [0, 0.05) is 18.2 Å². The maximum absolute atomic E-state index is 5.76. The van der Waals surface area contributed by atoms with E-state index in [1.54, 1.807) is 49.8 Å². The maximum Gasteiger partial charge on any atom is 0.203 e. The molecule has 162 valence electrons. The number of hydrogen-bond acceptors (Lipinski definition) is 7. The summed E-state index contributed by atoms with van der Waals surface area (Å²) in [5.74, 6) is 3.06. The van der Waals surface area contributed by atoms with Crippen LogP contribution in [0.2, 0.25) is 0 Å². The lowest BCUT2D eigenvalue weighted by atomic mass is 9.94. The van der Waals surface area contributed by atoms with Crippen LogP contribution < -0.4 is 28.4 Å². The summed E-state index contributed by atoms with van der Waals surface area (Å²) < 4.78 is 38.6. The Morgan fingerprint density at radius 3 is 1.77 bits per heavy atom. The average Bonchev–Trinajstić information content (AvgIpc) is 2.79. The quantitative estimate of drug-likeness (QED) is 0.553. The van der Waals surface area contributed by atoms with E-state index >= 15 is 0 Å². The van der Waals surface area contributed by atoms with Crippen molar-refractivity contribution < 1.29 is 33.2 Å². The average molecular weight is 416 g/mol. The normalized spacial score (nSPS) is 10.8. The van der Waals surface area contributed by atoms with E-state index in [1.807, 2.05) is 18.2 Å². The number of benzene rings is 2. The first-order chi connectivity index (χ1) is 14.6. The Labute approximate surface area is 178 Å². The van der Waals surface area contributed by atoms with Crippen molar-refractivity contribution in [2.75, 3.05) is 56.4 Å². The SMILES string of the molecule is COC[C]=[C]Cc1cc(OC)c(OC)c(OC)c1-c1ccc(OC)c(OC)c1OC. The van der Waals surface area contributed by atoms with Gasteiger partial charge in [0.15, 0.2) is 23.0 Å². The zero-order chi connectivity index (χ0) is 22.1. The van der Waals surface area contributed by atoms with Gasteiger partial charge in [-0.05, 0) is 42.3 Å². The van der Waals surface area contributed by atoms with Gasteiger partial charge in [-0.25, -0.2) is 0 Å². The topological polar surface area (TPSA) is 64.6 Å². The minimum absolute atomic E-state index is 0.347. The lowest BCUT2D eigenvalue weighted by Gasteiger charge is -2.22. The molecular weight excluding hydrogens is 388 g/mol. The highest BCUT2D eigenvalue weighted by Gasteiger charge is 2.26. The fourth-order valence-electron chi connectivity index (χ4n) is 3.22. The molecule has 7 heteroatoms. The van der Waals surface area contributed by atoms with Crippen LogP contribution in [0.1, 0.15) is 5.56 Å². The van der Waals surface area contributed by atoms with Crippen LogP contribution in [-0.2, 0) is 11.2 Å². The van der Waals surface area contributed by atoms with E-state index in [9.17, 15) is 0 Å². The fraction of sp³-hybridized carbons (Fsp3) is 0.391. The van der Waals surface area contributed by atoms with Gasteiger partial charge < -0.3 is 33.2 Å². The van der Waals surface area contributed by atoms with Crippen LogP contribution in [-0.4, -0.2) is 56.4 Å². The van der Waals surface area contributed by atoms with Gasteiger partial charge in [-0.2, -0.15) is 0 Å². The first-order valence-electron chi connectivity index (χ1n) is 9.17. The van der Waals surface area contributed by atoms with Crippen LogP contribution in [0.15, 0.2) is 18.2 Å². The fourth-order valence-corrected chi connectivity index (χ4v) is 3.22. The van der Waals surface area contributed by atoms with Gasteiger partial charge in [0.25, 0.3) is 0 Å². The van der Waals surface area contributed by atoms with Crippen molar-refractivity contribution in [1.29, 1.82) is 0 Å². The van der Waals surface area contributed by atoms with Crippen LogP contribution in [0.5, 0.6) is 34.5 Å². The Morgan fingerprint density at radius 1 is 0.633 bits per heavy atom. The lowest BCUT2D eigenvalue weighted by Crippen LogP contribution is -2.03. The second-order valence-corrected chi connectivity index (χ2v) is 6.02. The summed E-state index contributed by atoms with van der Waals surface area (Å²) in [6.45, 7) is 0.347. The Balaban J connectivity index is 2.85. The largest absolute Gasteiger partial charge is 0.493 e.